The summed E-state index contributed by atoms with van der Waals surface area (Å²) in [6.07, 6.45) is 0. The molecule has 142 valence electrons. The molecule has 5 aromatic rings. The second-order valence-electron chi connectivity index (χ2n) is 7.38. The summed E-state index contributed by atoms with van der Waals surface area (Å²) in [6.45, 7) is 4.24. The van der Waals surface area contributed by atoms with Gasteiger partial charge >= 0.3 is 0 Å². The first kappa shape index (κ1) is 18.2. The van der Waals surface area contributed by atoms with E-state index in [1.54, 1.807) is 11.3 Å². The van der Waals surface area contributed by atoms with E-state index < -0.39 is 0 Å². The minimum absolute atomic E-state index is 0.800. The summed E-state index contributed by atoms with van der Waals surface area (Å²) in [5.41, 5.74) is 5.93. The van der Waals surface area contributed by atoms with Crippen molar-refractivity contribution in [3.05, 3.63) is 101 Å². The molecule has 0 radical (unpaired) electrons. The van der Waals surface area contributed by atoms with Gasteiger partial charge in [0.1, 0.15) is 0 Å². The summed E-state index contributed by atoms with van der Waals surface area (Å²) < 4.78 is 2.46. The molecule has 0 unspecified atom stereocenters. The normalized spacial score (nSPS) is 11.3. The van der Waals surface area contributed by atoms with Crippen LogP contribution in [0.5, 0.6) is 0 Å². The van der Waals surface area contributed by atoms with Crippen molar-refractivity contribution >= 4 is 60.2 Å². The lowest BCUT2D eigenvalue weighted by Gasteiger charge is -2.26. The van der Waals surface area contributed by atoms with Gasteiger partial charge in [0.25, 0.3) is 0 Å². The predicted molar refractivity (Wildman–Crippen MR) is 128 cm³/mol. The smallest absolute Gasteiger partial charge is 0.0641 e. The Kier molecular flexibility index (Phi) is 4.54. The predicted octanol–water partition coefficient (Wildman–Crippen LogP) is 8.79. The molecule has 5 rings (SSSR count). The fourth-order valence-corrected chi connectivity index (χ4v) is 5.31. The Hall–Kier alpha value is -2.81. The van der Waals surface area contributed by atoms with Crippen molar-refractivity contribution in [1.82, 2.24) is 0 Å². The topological polar surface area (TPSA) is 3.24 Å². The molecule has 0 fully saturated rings. The second-order valence-corrected chi connectivity index (χ2v) is 8.83. The van der Waals surface area contributed by atoms with Gasteiger partial charge in [0.2, 0.25) is 0 Å². The Labute approximate surface area is 179 Å². The summed E-state index contributed by atoms with van der Waals surface area (Å²) in [5.74, 6) is 0. The van der Waals surface area contributed by atoms with Gasteiger partial charge in [0, 0.05) is 26.8 Å². The molecule has 0 aliphatic carbocycles. The molecule has 0 atom stereocenters. The number of benzene rings is 4. The number of fused-ring (bicyclic) bond motifs is 3. The zero-order chi connectivity index (χ0) is 20.0. The molecule has 29 heavy (non-hydrogen) atoms. The van der Waals surface area contributed by atoms with Gasteiger partial charge in [-0.2, -0.15) is 0 Å². The van der Waals surface area contributed by atoms with Crippen LogP contribution in [0.4, 0.5) is 17.1 Å². The molecular formula is C26H20ClNS. The fraction of sp³-hybridized carbons (Fsp3) is 0.0769. The van der Waals surface area contributed by atoms with Crippen molar-refractivity contribution < 1.29 is 0 Å². The van der Waals surface area contributed by atoms with Crippen molar-refractivity contribution in [1.29, 1.82) is 0 Å². The number of anilines is 3. The van der Waals surface area contributed by atoms with Crippen molar-refractivity contribution in [3.63, 3.8) is 0 Å². The van der Waals surface area contributed by atoms with Crippen LogP contribution in [0.15, 0.2) is 84.9 Å². The van der Waals surface area contributed by atoms with Gasteiger partial charge in [0.05, 0.1) is 15.4 Å². The maximum Gasteiger partial charge on any atom is 0.0641 e. The first-order chi connectivity index (χ1) is 14.1. The van der Waals surface area contributed by atoms with Crippen LogP contribution in [0.2, 0.25) is 5.02 Å². The maximum absolute atomic E-state index is 6.68. The van der Waals surface area contributed by atoms with Gasteiger partial charge in [-0.1, -0.05) is 65.2 Å². The van der Waals surface area contributed by atoms with E-state index in [1.807, 2.05) is 6.07 Å². The minimum Gasteiger partial charge on any atom is -0.309 e. The molecule has 0 spiro atoms. The molecule has 0 N–H and O–H groups in total. The van der Waals surface area contributed by atoms with Crippen LogP contribution in [0.3, 0.4) is 0 Å². The number of thiophene rings is 1. The number of nitrogens with zero attached hydrogens (tertiary/aromatic N) is 1. The lowest BCUT2D eigenvalue weighted by molar-refractivity contribution is 1.28. The van der Waals surface area contributed by atoms with Crippen molar-refractivity contribution in [3.8, 4) is 0 Å². The number of halogens is 1. The second kappa shape index (κ2) is 7.22. The Balaban J connectivity index is 1.82. The number of aryl methyl sites for hydroxylation is 2. The maximum atomic E-state index is 6.68. The van der Waals surface area contributed by atoms with Crippen molar-refractivity contribution in [2.75, 3.05) is 4.90 Å². The zero-order valence-corrected chi connectivity index (χ0v) is 17.9. The highest BCUT2D eigenvalue weighted by Gasteiger charge is 2.19. The van der Waals surface area contributed by atoms with Crippen LogP contribution in [0.25, 0.3) is 20.2 Å². The lowest BCUT2D eigenvalue weighted by atomic mass is 10.1. The molecule has 3 heteroatoms. The summed E-state index contributed by atoms with van der Waals surface area (Å²) in [4.78, 5) is 2.33. The van der Waals surface area contributed by atoms with Gasteiger partial charge in [-0.3, -0.25) is 0 Å². The standard InChI is InChI=1S/C26H20ClNS/c1-17-7-11-19(12-8-17)28(20-13-9-18(2)10-14-20)23-16-15-22(27)25-21-5-3-4-6-24(21)29-26(23)25/h3-16H,1-2H3. The molecule has 0 saturated carbocycles. The van der Waals surface area contributed by atoms with Crippen LogP contribution in [-0.2, 0) is 0 Å². The quantitative estimate of drug-likeness (QED) is 0.285. The molecule has 1 aromatic heterocycles. The highest BCUT2D eigenvalue weighted by molar-refractivity contribution is 7.26. The third-order valence-electron chi connectivity index (χ3n) is 5.28. The molecule has 0 aliphatic rings. The van der Waals surface area contributed by atoms with E-state index in [1.165, 1.54) is 25.9 Å². The number of hydrogen-bond acceptors (Lipinski definition) is 2. The van der Waals surface area contributed by atoms with E-state index >= 15 is 0 Å². The van der Waals surface area contributed by atoms with Gasteiger partial charge in [-0.15, -0.1) is 11.3 Å². The molecule has 0 saturated heterocycles. The Morgan fingerprint density at radius 1 is 0.690 bits per heavy atom. The molecule has 0 bridgehead atoms. The summed E-state index contributed by atoms with van der Waals surface area (Å²) >= 11 is 8.48. The van der Waals surface area contributed by atoms with E-state index in [4.69, 9.17) is 11.6 Å². The van der Waals surface area contributed by atoms with Gasteiger partial charge in [-0.25, -0.2) is 0 Å². The van der Waals surface area contributed by atoms with Gasteiger partial charge < -0.3 is 4.90 Å². The third-order valence-corrected chi connectivity index (χ3v) is 6.79. The summed E-state index contributed by atoms with van der Waals surface area (Å²) in [5, 5.41) is 3.15. The Morgan fingerprint density at radius 3 is 1.90 bits per heavy atom. The number of hydrogen-bond donors (Lipinski definition) is 0. The summed E-state index contributed by atoms with van der Waals surface area (Å²) in [7, 11) is 0. The van der Waals surface area contributed by atoms with Crippen molar-refractivity contribution in [2.24, 2.45) is 0 Å². The van der Waals surface area contributed by atoms with Crippen LogP contribution < -0.4 is 4.90 Å². The SMILES string of the molecule is Cc1ccc(N(c2ccc(C)cc2)c2ccc(Cl)c3c2sc2ccccc23)cc1. The van der Waals surface area contributed by atoms with Crippen LogP contribution in [0.1, 0.15) is 11.1 Å². The molecule has 4 aromatic carbocycles. The zero-order valence-electron chi connectivity index (χ0n) is 16.3. The molecule has 0 aliphatic heterocycles. The molecule has 0 amide bonds. The van der Waals surface area contributed by atoms with Crippen LogP contribution in [0, 0.1) is 13.8 Å². The number of rotatable bonds is 3. The monoisotopic (exact) mass is 413 g/mol. The minimum atomic E-state index is 0.800. The first-order valence-corrected chi connectivity index (χ1v) is 10.8. The average molecular weight is 414 g/mol. The van der Waals surface area contributed by atoms with Gasteiger partial charge in [-0.05, 0) is 56.3 Å². The highest BCUT2D eigenvalue weighted by atomic mass is 35.5. The first-order valence-electron chi connectivity index (χ1n) is 9.65. The average Bonchev–Trinajstić information content (AvgIpc) is 3.13. The van der Waals surface area contributed by atoms with E-state index in [-0.39, 0.29) is 0 Å². The summed E-state index contributed by atoms with van der Waals surface area (Å²) in [6, 6.07) is 30.0. The largest absolute Gasteiger partial charge is 0.309 e. The molecule has 1 heterocycles. The molecular weight excluding hydrogens is 394 g/mol. The van der Waals surface area contributed by atoms with E-state index in [9.17, 15) is 0 Å². The Morgan fingerprint density at radius 2 is 1.28 bits per heavy atom. The van der Waals surface area contributed by atoms with Crippen molar-refractivity contribution in [2.45, 2.75) is 13.8 Å². The highest BCUT2D eigenvalue weighted by Crippen LogP contribution is 2.46. The van der Waals surface area contributed by atoms with E-state index in [0.717, 1.165) is 27.5 Å². The van der Waals surface area contributed by atoms with E-state index in [0.29, 0.717) is 0 Å². The van der Waals surface area contributed by atoms with Crippen LogP contribution >= 0.6 is 22.9 Å². The van der Waals surface area contributed by atoms with Crippen LogP contribution in [-0.4, -0.2) is 0 Å². The lowest BCUT2D eigenvalue weighted by Crippen LogP contribution is -2.10. The van der Waals surface area contributed by atoms with Gasteiger partial charge in [0.15, 0.2) is 0 Å². The fourth-order valence-electron chi connectivity index (χ4n) is 3.77. The Bertz CT molecular complexity index is 1270. The van der Waals surface area contributed by atoms with E-state index in [2.05, 4.69) is 97.6 Å². The third kappa shape index (κ3) is 3.19. The molecule has 1 nitrogen and oxygen atoms in total.